The Labute approximate surface area is 118 Å². The molecule has 0 heterocycles. The third-order valence-electron chi connectivity index (χ3n) is 2.75. The lowest BCUT2D eigenvalue weighted by atomic mass is 10.1. The van der Waals surface area contributed by atoms with Crippen molar-refractivity contribution in [1.29, 1.82) is 0 Å². The zero-order valence-electron chi connectivity index (χ0n) is 11.3. The van der Waals surface area contributed by atoms with Gasteiger partial charge in [0.25, 0.3) is 5.91 Å². The molecule has 21 heavy (non-hydrogen) atoms. The molecule has 0 aliphatic rings. The highest BCUT2D eigenvalue weighted by Gasteiger charge is 2.36. The summed E-state index contributed by atoms with van der Waals surface area (Å²) in [5.74, 6) is -3.41. The molecule has 0 aliphatic carbocycles. The molecule has 8 heteroatoms. The van der Waals surface area contributed by atoms with Crippen LogP contribution in [0, 0.1) is 5.82 Å². The Balaban J connectivity index is 3.15. The number of nitrogens with zero attached hydrogens (tertiary/aromatic N) is 1. The van der Waals surface area contributed by atoms with E-state index in [1.165, 1.54) is 6.92 Å². The highest BCUT2D eigenvalue weighted by molar-refractivity contribution is 5.96. The number of benzene rings is 1. The van der Waals surface area contributed by atoms with Crippen molar-refractivity contribution in [2.24, 2.45) is 0 Å². The van der Waals surface area contributed by atoms with E-state index in [1.54, 1.807) is 0 Å². The maximum Gasteiger partial charge on any atom is 0.419 e. The number of likely N-dealkylation sites (N-methyl/N-ethyl adjacent to an activating group) is 1. The summed E-state index contributed by atoms with van der Waals surface area (Å²) in [6.45, 7) is 1.05. The number of esters is 1. The van der Waals surface area contributed by atoms with Gasteiger partial charge in [-0.05, 0) is 19.1 Å². The van der Waals surface area contributed by atoms with Crippen molar-refractivity contribution < 1.29 is 31.9 Å². The monoisotopic (exact) mass is 307 g/mol. The quantitative estimate of drug-likeness (QED) is 0.634. The van der Waals surface area contributed by atoms with E-state index in [0.717, 1.165) is 24.1 Å². The second-order valence-electron chi connectivity index (χ2n) is 4.06. The summed E-state index contributed by atoms with van der Waals surface area (Å²) < 4.78 is 56.0. The zero-order valence-corrected chi connectivity index (χ0v) is 11.3. The Morgan fingerprint density at radius 1 is 1.29 bits per heavy atom. The Morgan fingerprint density at radius 2 is 1.90 bits per heavy atom. The summed E-state index contributed by atoms with van der Waals surface area (Å²) >= 11 is 0. The molecule has 0 saturated heterocycles. The van der Waals surface area contributed by atoms with Gasteiger partial charge < -0.3 is 9.64 Å². The lowest BCUT2D eigenvalue weighted by molar-refractivity contribution is -0.142. The normalized spacial score (nSPS) is 11.1. The van der Waals surface area contributed by atoms with Gasteiger partial charge in [-0.2, -0.15) is 13.2 Å². The van der Waals surface area contributed by atoms with Crippen LogP contribution in [0.1, 0.15) is 22.8 Å². The van der Waals surface area contributed by atoms with Crippen LogP contribution < -0.4 is 0 Å². The van der Waals surface area contributed by atoms with Crippen LogP contribution in [0.2, 0.25) is 0 Å². The van der Waals surface area contributed by atoms with Crippen LogP contribution in [-0.2, 0) is 15.7 Å². The summed E-state index contributed by atoms with van der Waals surface area (Å²) in [6.07, 6.45) is -4.90. The third-order valence-corrected chi connectivity index (χ3v) is 2.75. The molecule has 0 unspecified atom stereocenters. The number of hydrogen-bond donors (Lipinski definition) is 0. The van der Waals surface area contributed by atoms with Crippen molar-refractivity contribution in [3.63, 3.8) is 0 Å². The molecular formula is C13H13F4NO3. The summed E-state index contributed by atoms with van der Waals surface area (Å²) in [4.78, 5) is 24.1. The van der Waals surface area contributed by atoms with Crippen LogP contribution in [-0.4, -0.2) is 37.0 Å². The first kappa shape index (κ1) is 16.9. The number of halogens is 4. The topological polar surface area (TPSA) is 46.6 Å². The van der Waals surface area contributed by atoms with Crippen LogP contribution in [0.4, 0.5) is 17.6 Å². The molecule has 116 valence electrons. The first-order valence-corrected chi connectivity index (χ1v) is 5.94. The second kappa shape index (κ2) is 6.55. The van der Waals surface area contributed by atoms with Gasteiger partial charge in [0.1, 0.15) is 12.4 Å². The maximum absolute atomic E-state index is 13.9. The van der Waals surface area contributed by atoms with Gasteiger partial charge in [-0.15, -0.1) is 0 Å². The van der Waals surface area contributed by atoms with Crippen LogP contribution in [0.3, 0.4) is 0 Å². The minimum atomic E-state index is -4.90. The van der Waals surface area contributed by atoms with E-state index in [0.29, 0.717) is 6.07 Å². The molecule has 0 atom stereocenters. The van der Waals surface area contributed by atoms with Crippen molar-refractivity contribution >= 4 is 11.9 Å². The first-order valence-electron chi connectivity index (χ1n) is 5.94. The fourth-order valence-corrected chi connectivity index (χ4v) is 1.63. The number of alkyl halides is 3. The Kier molecular flexibility index (Phi) is 5.28. The molecule has 0 bridgehead atoms. The van der Waals surface area contributed by atoms with Crippen molar-refractivity contribution in [1.82, 2.24) is 4.90 Å². The molecule has 1 aromatic rings. The number of rotatable bonds is 4. The number of amides is 1. The van der Waals surface area contributed by atoms with E-state index in [-0.39, 0.29) is 6.54 Å². The smallest absolute Gasteiger partial charge is 0.419 e. The van der Waals surface area contributed by atoms with Gasteiger partial charge in [0.05, 0.1) is 18.2 Å². The number of carbonyl (C=O) groups excluding carboxylic acids is 2. The average molecular weight is 307 g/mol. The standard InChI is InChI=1S/C13H13F4NO3/c1-3-18(7-10(19)21-2)12(20)8-5-4-6-9(11(8)14)13(15,16)17/h4-6H,3,7H2,1-2H3. The SMILES string of the molecule is CCN(CC(=O)OC)C(=O)c1cccc(C(F)(F)F)c1F. The van der Waals surface area contributed by atoms with Gasteiger partial charge in [0.2, 0.25) is 0 Å². The van der Waals surface area contributed by atoms with E-state index in [2.05, 4.69) is 4.74 Å². The predicted molar refractivity (Wildman–Crippen MR) is 65.0 cm³/mol. The number of hydrogen-bond acceptors (Lipinski definition) is 3. The number of methoxy groups -OCH3 is 1. The van der Waals surface area contributed by atoms with E-state index in [9.17, 15) is 27.2 Å². The maximum atomic E-state index is 13.9. The minimum absolute atomic E-state index is 0.0175. The van der Waals surface area contributed by atoms with Gasteiger partial charge in [-0.3, -0.25) is 9.59 Å². The minimum Gasteiger partial charge on any atom is -0.468 e. The second-order valence-corrected chi connectivity index (χ2v) is 4.06. The fourth-order valence-electron chi connectivity index (χ4n) is 1.63. The zero-order chi connectivity index (χ0) is 16.2. The molecule has 4 nitrogen and oxygen atoms in total. The lowest BCUT2D eigenvalue weighted by Gasteiger charge is -2.20. The molecule has 0 saturated carbocycles. The molecule has 1 aromatic carbocycles. The largest absolute Gasteiger partial charge is 0.468 e. The van der Waals surface area contributed by atoms with Crippen molar-refractivity contribution in [3.05, 3.63) is 35.1 Å². The van der Waals surface area contributed by atoms with E-state index >= 15 is 0 Å². The summed E-state index contributed by atoms with van der Waals surface area (Å²) in [6, 6.07) is 2.42. The molecule has 1 rings (SSSR count). The molecule has 0 aliphatic heterocycles. The highest BCUT2D eigenvalue weighted by Crippen LogP contribution is 2.32. The van der Waals surface area contributed by atoms with Crippen molar-refractivity contribution in [3.8, 4) is 0 Å². The Morgan fingerprint density at radius 3 is 2.38 bits per heavy atom. The molecule has 1 amide bonds. The lowest BCUT2D eigenvalue weighted by Crippen LogP contribution is -2.36. The van der Waals surface area contributed by atoms with Crippen molar-refractivity contribution in [2.45, 2.75) is 13.1 Å². The fraction of sp³-hybridized carbons (Fsp3) is 0.385. The number of carbonyl (C=O) groups is 2. The predicted octanol–water partition coefficient (Wildman–Crippen LogP) is 2.48. The molecule has 0 radical (unpaired) electrons. The third kappa shape index (κ3) is 3.93. The summed E-state index contributed by atoms with van der Waals surface area (Å²) in [5, 5.41) is 0. The van der Waals surface area contributed by atoms with Crippen molar-refractivity contribution in [2.75, 3.05) is 20.2 Å². The molecular weight excluding hydrogens is 294 g/mol. The molecule has 0 aromatic heterocycles. The Bertz CT molecular complexity index is 543. The summed E-state index contributed by atoms with van der Waals surface area (Å²) in [7, 11) is 1.10. The van der Waals surface area contributed by atoms with E-state index in [4.69, 9.17) is 0 Å². The average Bonchev–Trinajstić information content (AvgIpc) is 2.42. The molecule has 0 fully saturated rings. The first-order chi connectivity index (χ1) is 9.72. The highest BCUT2D eigenvalue weighted by atomic mass is 19.4. The van der Waals surface area contributed by atoms with Crippen LogP contribution in [0.25, 0.3) is 0 Å². The van der Waals surface area contributed by atoms with Crippen LogP contribution in [0.15, 0.2) is 18.2 Å². The van der Waals surface area contributed by atoms with Crippen LogP contribution in [0.5, 0.6) is 0 Å². The van der Waals surface area contributed by atoms with Crippen LogP contribution >= 0.6 is 0 Å². The Hall–Kier alpha value is -2.12. The van der Waals surface area contributed by atoms with E-state index in [1.807, 2.05) is 0 Å². The van der Waals surface area contributed by atoms with Gasteiger partial charge in [0, 0.05) is 6.54 Å². The summed E-state index contributed by atoms with van der Waals surface area (Å²) in [5.41, 5.74) is -2.27. The molecule has 0 N–H and O–H groups in total. The van der Waals surface area contributed by atoms with Gasteiger partial charge in [-0.1, -0.05) is 6.07 Å². The molecule has 0 spiro atoms. The van der Waals surface area contributed by atoms with Gasteiger partial charge >= 0.3 is 12.1 Å². The number of ether oxygens (including phenoxy) is 1. The van der Waals surface area contributed by atoms with Gasteiger partial charge in [-0.25, -0.2) is 4.39 Å². The van der Waals surface area contributed by atoms with E-state index < -0.39 is 41.5 Å². The van der Waals surface area contributed by atoms with Gasteiger partial charge in [0.15, 0.2) is 0 Å².